The number of hydrogen-bond donors (Lipinski definition) is 1. The SMILES string of the molecule is COc1ccccc1CCN(CC(=O)NC1CCCC1)C(C)=O. The van der Waals surface area contributed by atoms with Gasteiger partial charge in [-0.3, -0.25) is 9.59 Å². The van der Waals surface area contributed by atoms with E-state index in [9.17, 15) is 9.59 Å². The number of ether oxygens (including phenoxy) is 1. The van der Waals surface area contributed by atoms with Crippen LogP contribution in [0.3, 0.4) is 0 Å². The fourth-order valence-electron chi connectivity index (χ4n) is 3.03. The third-order valence-electron chi connectivity index (χ3n) is 4.34. The Balaban J connectivity index is 1.88. The van der Waals surface area contributed by atoms with E-state index in [4.69, 9.17) is 4.74 Å². The first-order valence-electron chi connectivity index (χ1n) is 8.27. The van der Waals surface area contributed by atoms with Crippen LogP contribution in [0.25, 0.3) is 0 Å². The minimum Gasteiger partial charge on any atom is -0.496 e. The van der Waals surface area contributed by atoms with Gasteiger partial charge in [0.2, 0.25) is 11.8 Å². The van der Waals surface area contributed by atoms with Crippen molar-refractivity contribution in [2.24, 2.45) is 0 Å². The largest absolute Gasteiger partial charge is 0.496 e. The summed E-state index contributed by atoms with van der Waals surface area (Å²) in [5.41, 5.74) is 1.04. The summed E-state index contributed by atoms with van der Waals surface area (Å²) >= 11 is 0. The third-order valence-corrected chi connectivity index (χ3v) is 4.34. The van der Waals surface area contributed by atoms with Crippen LogP contribution in [0, 0.1) is 0 Å². The Hall–Kier alpha value is -2.04. The van der Waals surface area contributed by atoms with Crippen molar-refractivity contribution in [2.45, 2.75) is 45.1 Å². The molecule has 5 nitrogen and oxygen atoms in total. The fourth-order valence-corrected chi connectivity index (χ4v) is 3.03. The molecular weight excluding hydrogens is 292 g/mol. The Kier molecular flexibility index (Phi) is 6.44. The topological polar surface area (TPSA) is 58.6 Å². The second-order valence-electron chi connectivity index (χ2n) is 6.05. The number of para-hydroxylation sites is 1. The van der Waals surface area contributed by atoms with E-state index < -0.39 is 0 Å². The number of methoxy groups -OCH3 is 1. The van der Waals surface area contributed by atoms with Gasteiger partial charge in [0.25, 0.3) is 0 Å². The van der Waals surface area contributed by atoms with Crippen molar-refractivity contribution in [3.63, 3.8) is 0 Å². The summed E-state index contributed by atoms with van der Waals surface area (Å²) in [6, 6.07) is 8.03. The summed E-state index contributed by atoms with van der Waals surface area (Å²) in [6.07, 6.45) is 5.12. The van der Waals surface area contributed by atoms with Crippen LogP contribution in [-0.2, 0) is 16.0 Å². The molecule has 126 valence electrons. The molecule has 0 atom stereocenters. The van der Waals surface area contributed by atoms with Crippen molar-refractivity contribution >= 4 is 11.8 Å². The van der Waals surface area contributed by atoms with E-state index in [0.29, 0.717) is 13.0 Å². The standard InChI is InChI=1S/C18H26N2O3/c1-14(21)20(13-18(22)19-16-8-4-5-9-16)12-11-15-7-3-6-10-17(15)23-2/h3,6-7,10,16H,4-5,8-9,11-13H2,1-2H3,(H,19,22). The third kappa shape index (κ3) is 5.27. The molecule has 1 N–H and O–H groups in total. The van der Waals surface area contributed by atoms with Crippen LogP contribution in [0.4, 0.5) is 0 Å². The maximum atomic E-state index is 12.1. The lowest BCUT2D eigenvalue weighted by atomic mass is 10.1. The first-order valence-corrected chi connectivity index (χ1v) is 8.27. The number of carbonyl (C=O) groups excluding carboxylic acids is 2. The van der Waals surface area contributed by atoms with Crippen LogP contribution in [0.5, 0.6) is 5.75 Å². The molecule has 0 aliphatic heterocycles. The molecule has 0 radical (unpaired) electrons. The van der Waals surface area contributed by atoms with Gasteiger partial charge in [0.05, 0.1) is 13.7 Å². The van der Waals surface area contributed by atoms with Gasteiger partial charge in [-0.05, 0) is 30.9 Å². The maximum absolute atomic E-state index is 12.1. The molecule has 1 fully saturated rings. The summed E-state index contributed by atoms with van der Waals surface area (Å²) in [5.74, 6) is 0.667. The van der Waals surface area contributed by atoms with Gasteiger partial charge in [0.15, 0.2) is 0 Å². The van der Waals surface area contributed by atoms with Crippen LogP contribution in [0.15, 0.2) is 24.3 Å². The number of rotatable bonds is 7. The smallest absolute Gasteiger partial charge is 0.239 e. The molecule has 1 aromatic carbocycles. The quantitative estimate of drug-likeness (QED) is 0.838. The van der Waals surface area contributed by atoms with E-state index in [1.54, 1.807) is 12.0 Å². The Labute approximate surface area is 138 Å². The zero-order valence-electron chi connectivity index (χ0n) is 14.0. The molecule has 0 heterocycles. The first kappa shape index (κ1) is 17.3. The fraction of sp³-hybridized carbons (Fsp3) is 0.556. The highest BCUT2D eigenvalue weighted by atomic mass is 16.5. The van der Waals surface area contributed by atoms with E-state index >= 15 is 0 Å². The highest BCUT2D eigenvalue weighted by molar-refractivity contribution is 5.83. The highest BCUT2D eigenvalue weighted by Crippen LogP contribution is 2.19. The zero-order chi connectivity index (χ0) is 16.7. The van der Waals surface area contributed by atoms with Gasteiger partial charge in [0, 0.05) is 19.5 Å². The predicted molar refractivity (Wildman–Crippen MR) is 89.4 cm³/mol. The average molecular weight is 318 g/mol. The molecule has 2 rings (SSSR count). The summed E-state index contributed by atoms with van der Waals surface area (Å²) < 4.78 is 5.33. The Morgan fingerprint density at radius 3 is 2.61 bits per heavy atom. The lowest BCUT2D eigenvalue weighted by molar-refractivity contribution is -0.134. The van der Waals surface area contributed by atoms with E-state index in [2.05, 4.69) is 5.32 Å². The number of amides is 2. The number of nitrogens with zero attached hydrogens (tertiary/aromatic N) is 1. The molecule has 0 saturated heterocycles. The molecule has 23 heavy (non-hydrogen) atoms. The molecular formula is C18H26N2O3. The van der Waals surface area contributed by atoms with Gasteiger partial charge >= 0.3 is 0 Å². The van der Waals surface area contributed by atoms with Gasteiger partial charge < -0.3 is 15.0 Å². The maximum Gasteiger partial charge on any atom is 0.239 e. The minimum atomic E-state index is -0.0820. The highest BCUT2D eigenvalue weighted by Gasteiger charge is 2.20. The molecule has 1 saturated carbocycles. The molecule has 1 aromatic rings. The van der Waals surface area contributed by atoms with E-state index in [-0.39, 0.29) is 24.4 Å². The van der Waals surface area contributed by atoms with E-state index in [0.717, 1.165) is 24.2 Å². The molecule has 0 aromatic heterocycles. The lowest BCUT2D eigenvalue weighted by Crippen LogP contribution is -2.43. The van der Waals surface area contributed by atoms with Gasteiger partial charge in [-0.25, -0.2) is 0 Å². The molecule has 0 unspecified atom stereocenters. The van der Waals surface area contributed by atoms with Crippen molar-refractivity contribution in [3.05, 3.63) is 29.8 Å². The molecule has 0 bridgehead atoms. The van der Waals surface area contributed by atoms with Gasteiger partial charge in [-0.15, -0.1) is 0 Å². The van der Waals surface area contributed by atoms with Crippen molar-refractivity contribution in [2.75, 3.05) is 20.2 Å². The predicted octanol–water partition coefficient (Wildman–Crippen LogP) is 2.14. The van der Waals surface area contributed by atoms with Crippen molar-refractivity contribution < 1.29 is 14.3 Å². The van der Waals surface area contributed by atoms with Crippen LogP contribution in [0.2, 0.25) is 0 Å². The van der Waals surface area contributed by atoms with Crippen molar-refractivity contribution in [3.8, 4) is 5.75 Å². The molecule has 1 aliphatic carbocycles. The molecule has 2 amide bonds. The summed E-state index contributed by atoms with van der Waals surface area (Å²) in [5, 5.41) is 3.03. The lowest BCUT2D eigenvalue weighted by Gasteiger charge is -2.22. The molecule has 0 spiro atoms. The van der Waals surface area contributed by atoms with E-state index in [1.807, 2.05) is 24.3 Å². The molecule has 1 aliphatic rings. The Morgan fingerprint density at radius 1 is 1.26 bits per heavy atom. The second kappa shape index (κ2) is 8.56. The van der Waals surface area contributed by atoms with Crippen LogP contribution in [-0.4, -0.2) is 43.0 Å². The number of nitrogens with one attached hydrogen (secondary N) is 1. The van der Waals surface area contributed by atoms with Crippen LogP contribution in [0.1, 0.15) is 38.2 Å². The van der Waals surface area contributed by atoms with Crippen LogP contribution < -0.4 is 10.1 Å². The van der Waals surface area contributed by atoms with E-state index in [1.165, 1.54) is 19.8 Å². The Bertz CT molecular complexity index is 539. The second-order valence-corrected chi connectivity index (χ2v) is 6.05. The first-order chi connectivity index (χ1) is 11.1. The van der Waals surface area contributed by atoms with Crippen molar-refractivity contribution in [1.29, 1.82) is 0 Å². The van der Waals surface area contributed by atoms with Crippen LogP contribution >= 0.6 is 0 Å². The Morgan fingerprint density at radius 2 is 1.96 bits per heavy atom. The number of hydrogen-bond acceptors (Lipinski definition) is 3. The average Bonchev–Trinajstić information content (AvgIpc) is 3.04. The normalized spacial score (nSPS) is 14.5. The van der Waals surface area contributed by atoms with Gasteiger partial charge in [0.1, 0.15) is 5.75 Å². The van der Waals surface area contributed by atoms with Gasteiger partial charge in [-0.2, -0.15) is 0 Å². The molecule has 5 heteroatoms. The minimum absolute atomic E-state index is 0.0628. The number of benzene rings is 1. The summed E-state index contributed by atoms with van der Waals surface area (Å²) in [4.78, 5) is 25.5. The zero-order valence-corrected chi connectivity index (χ0v) is 14.0. The number of carbonyl (C=O) groups is 2. The van der Waals surface area contributed by atoms with Crippen molar-refractivity contribution in [1.82, 2.24) is 10.2 Å². The monoisotopic (exact) mass is 318 g/mol. The van der Waals surface area contributed by atoms with Gasteiger partial charge in [-0.1, -0.05) is 31.0 Å². The summed E-state index contributed by atoms with van der Waals surface area (Å²) in [7, 11) is 1.64. The summed E-state index contributed by atoms with van der Waals surface area (Å²) in [6.45, 7) is 2.14.